The number of hydrogen-bond acceptors (Lipinski definition) is 5. The van der Waals surface area contributed by atoms with E-state index < -0.39 is 11.6 Å². The maximum Gasteiger partial charge on any atom is 0.335 e. The fourth-order valence-electron chi connectivity index (χ4n) is 8.09. The van der Waals surface area contributed by atoms with Gasteiger partial charge in [0.15, 0.2) is 6.61 Å². The summed E-state index contributed by atoms with van der Waals surface area (Å²) in [7, 11) is 0. The van der Waals surface area contributed by atoms with Crippen LogP contribution in [0.1, 0.15) is 81.1 Å². The number of carbonyl (C=O) groups excluding carboxylic acids is 1. The Bertz CT molecular complexity index is 1210. The minimum absolute atomic E-state index is 0.133. The Labute approximate surface area is 224 Å². The van der Waals surface area contributed by atoms with Crippen molar-refractivity contribution < 1.29 is 24.6 Å². The van der Waals surface area contributed by atoms with Crippen molar-refractivity contribution in [2.45, 2.75) is 77.4 Å². The van der Waals surface area contributed by atoms with E-state index in [1.807, 2.05) is 0 Å². The molecular formula is C31H38N2O5. The highest BCUT2D eigenvalue weighted by molar-refractivity contribution is 5.96. The summed E-state index contributed by atoms with van der Waals surface area (Å²) < 4.78 is 0. The summed E-state index contributed by atoms with van der Waals surface area (Å²) in [4.78, 5) is 28.6. The Hall–Kier alpha value is -3.11. The van der Waals surface area contributed by atoms with Crippen molar-refractivity contribution in [2.75, 3.05) is 6.61 Å². The molecule has 6 atom stereocenters. The molecule has 7 heteroatoms. The van der Waals surface area contributed by atoms with Gasteiger partial charge in [0.25, 0.3) is 5.91 Å². The number of carbonyl (C=O) groups is 2. The van der Waals surface area contributed by atoms with E-state index >= 15 is 0 Å². The van der Waals surface area contributed by atoms with Crippen LogP contribution in [0.2, 0.25) is 0 Å². The van der Waals surface area contributed by atoms with E-state index in [1.165, 1.54) is 17.7 Å². The number of oxime groups is 1. The number of rotatable bonds is 6. The van der Waals surface area contributed by atoms with Gasteiger partial charge in [-0.3, -0.25) is 4.79 Å². The van der Waals surface area contributed by atoms with Gasteiger partial charge in [-0.05, 0) is 98.3 Å². The number of carboxylic acids is 1. The number of aromatic carboxylic acids is 1. The second-order valence-corrected chi connectivity index (χ2v) is 12.1. The molecule has 202 valence electrons. The van der Waals surface area contributed by atoms with E-state index in [0.29, 0.717) is 30.7 Å². The second-order valence-electron chi connectivity index (χ2n) is 12.1. The van der Waals surface area contributed by atoms with Gasteiger partial charge in [-0.25, -0.2) is 4.79 Å². The average molecular weight is 519 g/mol. The van der Waals surface area contributed by atoms with Gasteiger partial charge in [0, 0.05) is 12.0 Å². The number of terminal acetylenes is 1. The Balaban J connectivity index is 1.17. The number of nitrogens with one attached hydrogen (secondary N) is 1. The van der Waals surface area contributed by atoms with Crippen molar-refractivity contribution in [2.24, 2.45) is 33.7 Å². The molecule has 0 saturated heterocycles. The molecule has 0 aromatic heterocycles. The number of allylic oxidation sites excluding steroid dienone is 2. The third-order valence-corrected chi connectivity index (χ3v) is 10.4. The smallest absolute Gasteiger partial charge is 0.335 e. The van der Waals surface area contributed by atoms with Crippen LogP contribution in [-0.4, -0.2) is 40.0 Å². The lowest BCUT2D eigenvalue weighted by atomic mass is 9.46. The molecule has 0 aliphatic heterocycles. The standard InChI is InChI=1S/C31H38N2O5/c1-4-31(37)16-13-26-24-10-9-22-17-23(11-14-29(22,2)25(24)12-15-30(26,31)3)33-38-19-27(34)32-18-20-5-7-21(8-6-20)28(35)36/h1,5-8,17,24-26,37H,9-16,18-19H2,2-3H3,(H,32,34)(H,35,36)/b33-23-/t24?,25?,26?,29-,30-,31+/m0/s1. The highest BCUT2D eigenvalue weighted by Gasteiger charge is 2.63. The van der Waals surface area contributed by atoms with Crippen LogP contribution in [0, 0.1) is 40.9 Å². The van der Waals surface area contributed by atoms with Gasteiger partial charge in [0.1, 0.15) is 5.60 Å². The monoisotopic (exact) mass is 518 g/mol. The minimum Gasteiger partial charge on any atom is -0.478 e. The maximum absolute atomic E-state index is 12.2. The van der Waals surface area contributed by atoms with Crippen LogP contribution in [0.5, 0.6) is 0 Å². The topological polar surface area (TPSA) is 108 Å². The van der Waals surface area contributed by atoms with Crippen molar-refractivity contribution in [1.29, 1.82) is 0 Å². The first-order valence-electron chi connectivity index (χ1n) is 13.8. The zero-order chi connectivity index (χ0) is 27.1. The number of aliphatic hydroxyl groups is 1. The van der Waals surface area contributed by atoms with E-state index in [9.17, 15) is 14.7 Å². The second kappa shape index (κ2) is 9.89. The maximum atomic E-state index is 12.2. The minimum atomic E-state index is -0.979. The zero-order valence-corrected chi connectivity index (χ0v) is 22.3. The summed E-state index contributed by atoms with van der Waals surface area (Å²) >= 11 is 0. The van der Waals surface area contributed by atoms with Crippen molar-refractivity contribution in [1.82, 2.24) is 5.32 Å². The molecule has 4 aliphatic rings. The van der Waals surface area contributed by atoms with E-state index in [1.54, 1.807) is 12.1 Å². The van der Waals surface area contributed by atoms with Crippen LogP contribution in [0.4, 0.5) is 0 Å². The Morgan fingerprint density at radius 2 is 1.84 bits per heavy atom. The van der Waals surface area contributed by atoms with Crippen LogP contribution in [0.3, 0.4) is 0 Å². The molecule has 38 heavy (non-hydrogen) atoms. The van der Waals surface area contributed by atoms with Crippen LogP contribution >= 0.6 is 0 Å². The number of fused-ring (bicyclic) bond motifs is 5. The van der Waals surface area contributed by atoms with Crippen LogP contribution in [-0.2, 0) is 16.2 Å². The van der Waals surface area contributed by atoms with Gasteiger partial charge < -0.3 is 20.4 Å². The molecule has 0 radical (unpaired) electrons. The van der Waals surface area contributed by atoms with Gasteiger partial charge in [-0.15, -0.1) is 6.42 Å². The van der Waals surface area contributed by atoms with Crippen molar-refractivity contribution in [3.8, 4) is 12.3 Å². The number of amides is 1. The molecule has 4 aliphatic carbocycles. The molecule has 1 aromatic rings. The average Bonchev–Trinajstić information content (AvgIpc) is 3.18. The SMILES string of the molecule is C#C[C@@]1(O)CCC2C3CCC4=C/C(=N\OCC(=O)NCc5ccc(C(=O)O)cc5)CC[C@]4(C)C3CC[C@@]21C. The molecule has 3 saturated carbocycles. The van der Waals surface area contributed by atoms with E-state index in [0.717, 1.165) is 56.2 Å². The third-order valence-electron chi connectivity index (χ3n) is 10.4. The molecule has 0 spiro atoms. The van der Waals surface area contributed by atoms with Gasteiger partial charge in [0.2, 0.25) is 0 Å². The molecule has 1 aromatic carbocycles. The summed E-state index contributed by atoms with van der Waals surface area (Å²) in [5, 5.41) is 27.2. The first kappa shape index (κ1) is 26.5. The summed E-state index contributed by atoms with van der Waals surface area (Å²) in [6.07, 6.45) is 15.8. The molecule has 0 bridgehead atoms. The highest BCUT2D eigenvalue weighted by Crippen LogP contribution is 2.67. The summed E-state index contributed by atoms with van der Waals surface area (Å²) in [6.45, 7) is 4.76. The van der Waals surface area contributed by atoms with Gasteiger partial charge >= 0.3 is 5.97 Å². The molecule has 1 amide bonds. The summed E-state index contributed by atoms with van der Waals surface area (Å²) in [5.41, 5.74) is 2.33. The van der Waals surface area contributed by atoms with Gasteiger partial charge in [-0.1, -0.05) is 42.6 Å². The van der Waals surface area contributed by atoms with Crippen molar-refractivity contribution >= 4 is 17.6 Å². The van der Waals surface area contributed by atoms with Crippen LogP contribution in [0.25, 0.3) is 0 Å². The first-order valence-corrected chi connectivity index (χ1v) is 13.8. The molecule has 3 N–H and O–H groups in total. The fourth-order valence-corrected chi connectivity index (χ4v) is 8.09. The number of nitrogens with zero attached hydrogens (tertiary/aromatic N) is 1. The van der Waals surface area contributed by atoms with Gasteiger partial charge in [-0.2, -0.15) is 0 Å². The molecular weight excluding hydrogens is 480 g/mol. The number of hydrogen-bond donors (Lipinski definition) is 3. The van der Waals surface area contributed by atoms with Crippen molar-refractivity contribution in [3.05, 3.63) is 47.0 Å². The molecule has 3 fully saturated rings. The normalized spacial score (nSPS) is 36.7. The number of benzene rings is 1. The van der Waals surface area contributed by atoms with Crippen molar-refractivity contribution in [3.63, 3.8) is 0 Å². The van der Waals surface area contributed by atoms with E-state index in [2.05, 4.69) is 36.3 Å². The van der Waals surface area contributed by atoms with E-state index in [-0.39, 0.29) is 28.9 Å². The quantitative estimate of drug-likeness (QED) is 0.374. The summed E-state index contributed by atoms with van der Waals surface area (Å²) in [6, 6.07) is 6.39. The Kier molecular flexibility index (Phi) is 6.89. The fraction of sp³-hybridized carbons (Fsp3) is 0.581. The Morgan fingerprint density at radius 1 is 1.11 bits per heavy atom. The molecule has 5 rings (SSSR count). The highest BCUT2D eigenvalue weighted by atomic mass is 16.6. The Morgan fingerprint density at radius 3 is 2.55 bits per heavy atom. The van der Waals surface area contributed by atoms with Crippen LogP contribution < -0.4 is 5.32 Å². The lowest BCUT2D eigenvalue weighted by Crippen LogP contribution is -2.54. The largest absolute Gasteiger partial charge is 0.478 e. The van der Waals surface area contributed by atoms with Crippen LogP contribution in [0.15, 0.2) is 41.1 Å². The summed E-state index contributed by atoms with van der Waals surface area (Å²) in [5.74, 6) is 3.18. The molecule has 3 unspecified atom stereocenters. The number of carboxylic acid groups (broad SMARTS) is 1. The lowest BCUT2D eigenvalue weighted by Gasteiger charge is -2.58. The van der Waals surface area contributed by atoms with E-state index in [4.69, 9.17) is 16.4 Å². The predicted octanol–water partition coefficient (Wildman–Crippen LogP) is 4.70. The zero-order valence-electron chi connectivity index (χ0n) is 22.3. The first-order chi connectivity index (χ1) is 18.1. The molecule has 7 nitrogen and oxygen atoms in total. The van der Waals surface area contributed by atoms with Gasteiger partial charge in [0.05, 0.1) is 11.3 Å². The molecule has 0 heterocycles. The third kappa shape index (κ3) is 4.43. The predicted molar refractivity (Wildman–Crippen MR) is 144 cm³/mol. The lowest BCUT2D eigenvalue weighted by molar-refractivity contribution is -0.125.